The molecule has 0 spiro atoms. The van der Waals surface area contributed by atoms with Crippen molar-refractivity contribution >= 4 is 23.5 Å². The summed E-state index contributed by atoms with van der Waals surface area (Å²) in [4.78, 5) is 4.35. The highest BCUT2D eigenvalue weighted by Crippen LogP contribution is 2.38. The first-order chi connectivity index (χ1) is 10.8. The minimum absolute atomic E-state index is 0.126. The molecule has 1 aromatic heterocycles. The summed E-state index contributed by atoms with van der Waals surface area (Å²) >= 11 is 4.07. The Morgan fingerprint density at radius 1 is 1.27 bits per heavy atom. The average molecular weight is 341 g/mol. The average Bonchev–Trinajstić information content (AvgIpc) is 2.79. The van der Waals surface area contributed by atoms with Gasteiger partial charge in [0.15, 0.2) is 0 Å². The van der Waals surface area contributed by atoms with Crippen molar-refractivity contribution in [3.05, 3.63) is 23.9 Å². The standard InChI is InChI=1S/C16H24N2O2S2/c1-20-15-3-2-11(8-17-15)16(12-6-14(19)7-12)18-13-9-21-4-5-22-10-13/h2-3,8,12-14,16,18-19H,4-7,9-10H2,1H3/t12?,14?,16-/m1/s1. The molecule has 2 heterocycles. The zero-order chi connectivity index (χ0) is 15.4. The van der Waals surface area contributed by atoms with Gasteiger partial charge in [-0.1, -0.05) is 6.07 Å². The number of ether oxygens (including phenoxy) is 1. The quantitative estimate of drug-likeness (QED) is 0.858. The Morgan fingerprint density at radius 3 is 2.55 bits per heavy atom. The molecular formula is C16H24N2O2S2. The van der Waals surface area contributed by atoms with Crippen LogP contribution in [-0.4, -0.2) is 52.4 Å². The monoisotopic (exact) mass is 340 g/mol. The van der Waals surface area contributed by atoms with E-state index in [4.69, 9.17) is 4.74 Å². The summed E-state index contributed by atoms with van der Waals surface area (Å²) in [5.41, 5.74) is 1.21. The summed E-state index contributed by atoms with van der Waals surface area (Å²) in [6, 6.07) is 4.84. The van der Waals surface area contributed by atoms with E-state index in [1.807, 2.05) is 35.8 Å². The molecule has 2 N–H and O–H groups in total. The maximum Gasteiger partial charge on any atom is 0.212 e. The second kappa shape index (κ2) is 7.90. The van der Waals surface area contributed by atoms with Crippen molar-refractivity contribution in [2.75, 3.05) is 30.1 Å². The number of nitrogens with zero attached hydrogens (tertiary/aromatic N) is 1. The van der Waals surface area contributed by atoms with Crippen LogP contribution in [0, 0.1) is 5.92 Å². The molecular weight excluding hydrogens is 316 g/mol. The van der Waals surface area contributed by atoms with Crippen LogP contribution in [0.2, 0.25) is 0 Å². The highest BCUT2D eigenvalue weighted by Gasteiger charge is 2.36. The van der Waals surface area contributed by atoms with Gasteiger partial charge in [-0.15, -0.1) is 0 Å². The first-order valence-corrected chi connectivity index (χ1v) is 10.2. The minimum Gasteiger partial charge on any atom is -0.481 e. The van der Waals surface area contributed by atoms with Gasteiger partial charge in [-0.05, 0) is 24.3 Å². The Labute approximate surface area is 140 Å². The fraction of sp³-hybridized carbons (Fsp3) is 0.688. The smallest absolute Gasteiger partial charge is 0.212 e. The normalized spacial score (nSPS) is 27.7. The van der Waals surface area contributed by atoms with Crippen LogP contribution in [0.3, 0.4) is 0 Å². The number of nitrogens with one attached hydrogen (secondary N) is 1. The topological polar surface area (TPSA) is 54.4 Å². The lowest BCUT2D eigenvalue weighted by molar-refractivity contribution is 0.0227. The van der Waals surface area contributed by atoms with E-state index in [-0.39, 0.29) is 12.1 Å². The number of hydrogen-bond donors (Lipinski definition) is 2. The molecule has 3 rings (SSSR count). The Hall–Kier alpha value is -0.430. The number of hydrogen-bond acceptors (Lipinski definition) is 6. The van der Waals surface area contributed by atoms with E-state index in [2.05, 4.69) is 16.4 Å². The molecule has 0 radical (unpaired) electrons. The largest absolute Gasteiger partial charge is 0.481 e. The van der Waals surface area contributed by atoms with Crippen molar-refractivity contribution in [3.8, 4) is 5.88 Å². The van der Waals surface area contributed by atoms with Gasteiger partial charge in [0.1, 0.15) is 0 Å². The predicted molar refractivity (Wildman–Crippen MR) is 93.8 cm³/mol. The molecule has 2 fully saturated rings. The van der Waals surface area contributed by atoms with Crippen molar-refractivity contribution in [2.45, 2.75) is 31.0 Å². The fourth-order valence-corrected chi connectivity index (χ4v) is 5.49. The second-order valence-corrected chi connectivity index (χ2v) is 8.31. The van der Waals surface area contributed by atoms with Crippen molar-refractivity contribution in [1.82, 2.24) is 10.3 Å². The number of rotatable bonds is 5. The molecule has 22 heavy (non-hydrogen) atoms. The number of pyridine rings is 1. The summed E-state index contributed by atoms with van der Waals surface area (Å²) < 4.78 is 5.16. The van der Waals surface area contributed by atoms with Gasteiger partial charge >= 0.3 is 0 Å². The SMILES string of the molecule is COc1ccc([C@@H](NC2CSCCSC2)C2CC(O)C2)cn1. The lowest BCUT2D eigenvalue weighted by Crippen LogP contribution is -2.44. The van der Waals surface area contributed by atoms with E-state index in [0.717, 1.165) is 12.8 Å². The molecule has 1 saturated carbocycles. The van der Waals surface area contributed by atoms with Crippen LogP contribution in [0.15, 0.2) is 18.3 Å². The third-order valence-corrected chi connectivity index (χ3v) is 6.89. The molecule has 1 atom stereocenters. The van der Waals surface area contributed by atoms with Crippen molar-refractivity contribution in [3.63, 3.8) is 0 Å². The second-order valence-electron chi connectivity index (χ2n) is 6.01. The zero-order valence-electron chi connectivity index (χ0n) is 12.9. The highest BCUT2D eigenvalue weighted by atomic mass is 32.2. The molecule has 0 bridgehead atoms. The van der Waals surface area contributed by atoms with Gasteiger partial charge in [0.05, 0.1) is 13.2 Å². The zero-order valence-corrected chi connectivity index (χ0v) is 14.5. The Bertz CT molecular complexity index is 458. The van der Waals surface area contributed by atoms with E-state index in [1.54, 1.807) is 7.11 Å². The summed E-state index contributed by atoms with van der Waals surface area (Å²) in [7, 11) is 1.64. The van der Waals surface area contributed by atoms with Crippen LogP contribution in [0.25, 0.3) is 0 Å². The Morgan fingerprint density at radius 2 is 2.00 bits per heavy atom. The summed E-state index contributed by atoms with van der Waals surface area (Å²) in [5.74, 6) is 5.99. The van der Waals surface area contributed by atoms with Crippen LogP contribution < -0.4 is 10.1 Å². The molecule has 0 amide bonds. The summed E-state index contributed by atoms with van der Waals surface area (Å²) in [5, 5.41) is 13.5. The van der Waals surface area contributed by atoms with Gasteiger partial charge in [0.25, 0.3) is 0 Å². The molecule has 1 aliphatic carbocycles. The van der Waals surface area contributed by atoms with Crippen LogP contribution >= 0.6 is 23.5 Å². The number of aromatic nitrogens is 1. The lowest BCUT2D eigenvalue weighted by atomic mass is 9.75. The number of methoxy groups -OCH3 is 1. The molecule has 4 nitrogen and oxygen atoms in total. The van der Waals surface area contributed by atoms with E-state index in [9.17, 15) is 5.11 Å². The molecule has 2 aliphatic rings. The lowest BCUT2D eigenvalue weighted by Gasteiger charge is -2.40. The molecule has 1 aliphatic heterocycles. The Balaban J connectivity index is 1.71. The minimum atomic E-state index is -0.126. The van der Waals surface area contributed by atoms with Gasteiger partial charge in [0.2, 0.25) is 5.88 Å². The highest BCUT2D eigenvalue weighted by molar-refractivity contribution is 8.03. The van der Waals surface area contributed by atoms with E-state index < -0.39 is 0 Å². The molecule has 0 unspecified atom stereocenters. The maximum absolute atomic E-state index is 9.68. The van der Waals surface area contributed by atoms with E-state index in [0.29, 0.717) is 17.8 Å². The fourth-order valence-electron chi connectivity index (χ4n) is 3.07. The first-order valence-electron chi connectivity index (χ1n) is 7.86. The first kappa shape index (κ1) is 16.4. The predicted octanol–water partition coefficient (Wildman–Crippen LogP) is 2.34. The van der Waals surface area contributed by atoms with Crippen LogP contribution in [0.1, 0.15) is 24.4 Å². The molecule has 6 heteroatoms. The number of aliphatic hydroxyl groups excluding tert-OH is 1. The van der Waals surface area contributed by atoms with Crippen molar-refractivity contribution < 1.29 is 9.84 Å². The summed E-state index contributed by atoms with van der Waals surface area (Å²) in [6.07, 6.45) is 3.56. The van der Waals surface area contributed by atoms with Crippen LogP contribution in [0.5, 0.6) is 5.88 Å². The van der Waals surface area contributed by atoms with Crippen molar-refractivity contribution in [1.29, 1.82) is 0 Å². The van der Waals surface area contributed by atoms with Crippen LogP contribution in [-0.2, 0) is 0 Å². The molecule has 1 aromatic rings. The maximum atomic E-state index is 9.68. The van der Waals surface area contributed by atoms with Gasteiger partial charge in [-0.25, -0.2) is 4.98 Å². The van der Waals surface area contributed by atoms with Gasteiger partial charge in [-0.2, -0.15) is 23.5 Å². The number of aliphatic hydroxyl groups is 1. The molecule has 0 aromatic carbocycles. The molecule has 122 valence electrons. The third-order valence-electron chi connectivity index (χ3n) is 4.37. The third kappa shape index (κ3) is 4.10. The number of thioether (sulfide) groups is 2. The van der Waals surface area contributed by atoms with Crippen LogP contribution in [0.4, 0.5) is 0 Å². The molecule has 1 saturated heterocycles. The van der Waals surface area contributed by atoms with Gasteiger partial charge < -0.3 is 15.2 Å². The van der Waals surface area contributed by atoms with Crippen molar-refractivity contribution in [2.24, 2.45) is 5.92 Å². The van der Waals surface area contributed by atoms with E-state index in [1.165, 1.54) is 28.6 Å². The van der Waals surface area contributed by atoms with E-state index >= 15 is 0 Å². The summed E-state index contributed by atoms with van der Waals surface area (Å²) in [6.45, 7) is 0. The van der Waals surface area contributed by atoms with Gasteiger partial charge in [0, 0.05) is 47.4 Å². The van der Waals surface area contributed by atoms with Gasteiger partial charge in [-0.3, -0.25) is 0 Å². The Kier molecular flexibility index (Phi) is 5.90.